The summed E-state index contributed by atoms with van der Waals surface area (Å²) in [6.45, 7) is 6.50. The second-order valence-electron chi connectivity index (χ2n) is 5.37. The van der Waals surface area contributed by atoms with Gasteiger partial charge in [0, 0.05) is 17.6 Å². The minimum absolute atomic E-state index is 0.105. The molecule has 0 fully saturated rings. The molecule has 0 aliphatic heterocycles. The number of aliphatic hydroxyl groups is 1. The van der Waals surface area contributed by atoms with E-state index in [9.17, 15) is 10.2 Å². The van der Waals surface area contributed by atoms with Gasteiger partial charge in [-0.15, -0.1) is 0 Å². The smallest absolute Gasteiger partial charge is 0.120 e. The predicted molar refractivity (Wildman–Crippen MR) is 72.9 cm³/mol. The standard InChI is InChI=1S/C15H23NO2/c1-4-11(8-17)16-12-7-10(3)14-9(2)5-6-13(18)15(12)14/h5-6,10-12,16-18H,4,7-8H2,1-3H3/t10?,11-,12?/m0/s1. The summed E-state index contributed by atoms with van der Waals surface area (Å²) in [4.78, 5) is 0. The van der Waals surface area contributed by atoms with Gasteiger partial charge in [0.2, 0.25) is 0 Å². The molecule has 100 valence electrons. The molecule has 1 aliphatic carbocycles. The molecule has 0 saturated heterocycles. The number of phenolic OH excluding ortho intramolecular Hbond substituents is 1. The molecule has 1 aliphatic rings. The minimum atomic E-state index is 0.105. The zero-order valence-corrected chi connectivity index (χ0v) is 11.4. The van der Waals surface area contributed by atoms with Crippen molar-refractivity contribution in [1.82, 2.24) is 5.32 Å². The highest BCUT2D eigenvalue weighted by Crippen LogP contribution is 2.46. The molecule has 0 bridgehead atoms. The molecule has 1 aromatic rings. The van der Waals surface area contributed by atoms with Crippen LogP contribution in [0.2, 0.25) is 0 Å². The largest absolute Gasteiger partial charge is 0.508 e. The van der Waals surface area contributed by atoms with Crippen molar-refractivity contribution < 1.29 is 10.2 Å². The van der Waals surface area contributed by atoms with Crippen molar-refractivity contribution >= 4 is 0 Å². The second-order valence-corrected chi connectivity index (χ2v) is 5.37. The molecule has 0 spiro atoms. The van der Waals surface area contributed by atoms with E-state index in [4.69, 9.17) is 0 Å². The van der Waals surface area contributed by atoms with E-state index < -0.39 is 0 Å². The number of aromatic hydroxyl groups is 1. The monoisotopic (exact) mass is 249 g/mol. The summed E-state index contributed by atoms with van der Waals surface area (Å²) in [5.74, 6) is 0.839. The van der Waals surface area contributed by atoms with Crippen LogP contribution in [0.25, 0.3) is 0 Å². The Labute approximate surface area is 109 Å². The SMILES string of the molecule is CC[C@@H](CO)NC1CC(C)c2c(C)ccc(O)c21. The van der Waals surface area contributed by atoms with Gasteiger partial charge < -0.3 is 15.5 Å². The molecular formula is C15H23NO2. The maximum absolute atomic E-state index is 10.1. The van der Waals surface area contributed by atoms with Crippen LogP contribution in [-0.4, -0.2) is 22.9 Å². The Morgan fingerprint density at radius 2 is 2.11 bits per heavy atom. The molecule has 18 heavy (non-hydrogen) atoms. The quantitative estimate of drug-likeness (QED) is 0.769. The van der Waals surface area contributed by atoms with E-state index in [1.165, 1.54) is 11.1 Å². The summed E-state index contributed by atoms with van der Waals surface area (Å²) in [6.07, 6.45) is 1.88. The lowest BCUT2D eigenvalue weighted by Crippen LogP contribution is -2.34. The predicted octanol–water partition coefficient (Wildman–Crippen LogP) is 2.61. The van der Waals surface area contributed by atoms with Crippen molar-refractivity contribution in [3.8, 4) is 5.75 Å². The summed E-state index contributed by atoms with van der Waals surface area (Å²) >= 11 is 0. The number of hydrogen-bond donors (Lipinski definition) is 3. The van der Waals surface area contributed by atoms with Crippen LogP contribution in [0.15, 0.2) is 12.1 Å². The van der Waals surface area contributed by atoms with Crippen molar-refractivity contribution in [2.24, 2.45) is 0 Å². The molecule has 3 N–H and O–H groups in total. The Bertz CT molecular complexity index is 427. The summed E-state index contributed by atoms with van der Waals surface area (Å²) in [6, 6.07) is 4.03. The summed E-state index contributed by atoms with van der Waals surface area (Å²) in [7, 11) is 0. The molecule has 3 atom stereocenters. The lowest BCUT2D eigenvalue weighted by Gasteiger charge is -2.21. The van der Waals surface area contributed by atoms with E-state index in [2.05, 4.69) is 26.1 Å². The third kappa shape index (κ3) is 2.25. The van der Waals surface area contributed by atoms with Gasteiger partial charge >= 0.3 is 0 Å². The fourth-order valence-electron chi connectivity index (χ4n) is 3.08. The normalized spacial score (nSPS) is 24.0. The van der Waals surface area contributed by atoms with Gasteiger partial charge in [-0.3, -0.25) is 0 Å². The molecule has 0 amide bonds. The zero-order valence-electron chi connectivity index (χ0n) is 11.4. The Balaban J connectivity index is 2.32. The molecule has 0 heterocycles. The molecule has 2 rings (SSSR count). The van der Waals surface area contributed by atoms with Crippen LogP contribution in [-0.2, 0) is 0 Å². The third-order valence-corrected chi connectivity index (χ3v) is 4.06. The average Bonchev–Trinajstić information content (AvgIpc) is 2.69. The molecule has 1 aromatic carbocycles. The van der Waals surface area contributed by atoms with E-state index in [0.717, 1.165) is 18.4 Å². The first-order valence-corrected chi connectivity index (χ1v) is 6.77. The van der Waals surface area contributed by atoms with Crippen LogP contribution >= 0.6 is 0 Å². The van der Waals surface area contributed by atoms with Gasteiger partial charge in [-0.1, -0.05) is 19.9 Å². The first-order valence-electron chi connectivity index (χ1n) is 6.77. The average molecular weight is 249 g/mol. The van der Waals surface area contributed by atoms with Gasteiger partial charge in [0.25, 0.3) is 0 Å². The highest BCUT2D eigenvalue weighted by molar-refractivity contribution is 5.50. The summed E-state index contributed by atoms with van der Waals surface area (Å²) in [5, 5.41) is 22.9. The second kappa shape index (κ2) is 5.29. The van der Waals surface area contributed by atoms with Crippen LogP contribution < -0.4 is 5.32 Å². The van der Waals surface area contributed by atoms with Gasteiger partial charge in [-0.05, 0) is 42.9 Å². The van der Waals surface area contributed by atoms with Crippen molar-refractivity contribution in [2.45, 2.75) is 51.6 Å². The van der Waals surface area contributed by atoms with Crippen LogP contribution in [0.5, 0.6) is 5.75 Å². The van der Waals surface area contributed by atoms with Crippen LogP contribution in [0.1, 0.15) is 55.3 Å². The van der Waals surface area contributed by atoms with Gasteiger partial charge in [0.05, 0.1) is 6.61 Å². The first-order chi connectivity index (χ1) is 8.58. The number of aryl methyl sites for hydroxylation is 1. The van der Waals surface area contributed by atoms with E-state index in [1.807, 2.05) is 6.07 Å². The Hall–Kier alpha value is -1.06. The van der Waals surface area contributed by atoms with E-state index in [1.54, 1.807) is 6.07 Å². The highest BCUT2D eigenvalue weighted by atomic mass is 16.3. The maximum atomic E-state index is 10.1. The van der Waals surface area contributed by atoms with Crippen molar-refractivity contribution in [3.63, 3.8) is 0 Å². The van der Waals surface area contributed by atoms with E-state index >= 15 is 0 Å². The number of hydrogen-bond acceptors (Lipinski definition) is 3. The molecule has 0 aromatic heterocycles. The molecule has 2 unspecified atom stereocenters. The van der Waals surface area contributed by atoms with Gasteiger partial charge in [-0.25, -0.2) is 0 Å². The number of nitrogens with one attached hydrogen (secondary N) is 1. The van der Waals surface area contributed by atoms with Crippen LogP contribution in [0.4, 0.5) is 0 Å². The number of phenols is 1. The zero-order chi connectivity index (χ0) is 13.3. The topological polar surface area (TPSA) is 52.5 Å². The van der Waals surface area contributed by atoms with Crippen molar-refractivity contribution in [1.29, 1.82) is 0 Å². The first kappa shape index (κ1) is 13.4. The summed E-state index contributed by atoms with van der Waals surface area (Å²) in [5.41, 5.74) is 3.56. The minimum Gasteiger partial charge on any atom is -0.508 e. The molecule has 3 heteroatoms. The van der Waals surface area contributed by atoms with Crippen molar-refractivity contribution in [3.05, 3.63) is 28.8 Å². The Morgan fingerprint density at radius 1 is 1.39 bits per heavy atom. The Kier molecular flexibility index (Phi) is 3.93. The third-order valence-electron chi connectivity index (χ3n) is 4.06. The lowest BCUT2D eigenvalue weighted by atomic mass is 9.97. The highest BCUT2D eigenvalue weighted by Gasteiger charge is 2.32. The lowest BCUT2D eigenvalue weighted by molar-refractivity contribution is 0.226. The van der Waals surface area contributed by atoms with Crippen LogP contribution in [0.3, 0.4) is 0 Å². The molecule has 0 saturated carbocycles. The fraction of sp³-hybridized carbons (Fsp3) is 0.600. The molecular weight excluding hydrogens is 226 g/mol. The number of benzene rings is 1. The van der Waals surface area contributed by atoms with Gasteiger partial charge in [-0.2, -0.15) is 0 Å². The van der Waals surface area contributed by atoms with Crippen LogP contribution in [0, 0.1) is 6.92 Å². The number of rotatable bonds is 4. The summed E-state index contributed by atoms with van der Waals surface area (Å²) < 4.78 is 0. The van der Waals surface area contributed by atoms with E-state index in [0.29, 0.717) is 11.7 Å². The number of fused-ring (bicyclic) bond motifs is 1. The van der Waals surface area contributed by atoms with Gasteiger partial charge in [0.15, 0.2) is 0 Å². The van der Waals surface area contributed by atoms with E-state index in [-0.39, 0.29) is 18.7 Å². The molecule has 3 nitrogen and oxygen atoms in total. The number of aliphatic hydroxyl groups excluding tert-OH is 1. The van der Waals surface area contributed by atoms with Gasteiger partial charge in [0.1, 0.15) is 5.75 Å². The Morgan fingerprint density at radius 3 is 2.72 bits per heavy atom. The fourth-order valence-corrected chi connectivity index (χ4v) is 3.08. The maximum Gasteiger partial charge on any atom is 0.120 e. The molecule has 0 radical (unpaired) electrons. The van der Waals surface area contributed by atoms with Crippen molar-refractivity contribution in [2.75, 3.05) is 6.61 Å².